The van der Waals surface area contributed by atoms with Crippen molar-refractivity contribution in [2.75, 3.05) is 43.6 Å². The largest absolute Gasteiger partial charge is 0.497 e. The smallest absolute Gasteiger partial charge is 0.295 e. The molecule has 0 aliphatic carbocycles. The van der Waals surface area contributed by atoms with Gasteiger partial charge in [-0.15, -0.1) is 0 Å². The summed E-state index contributed by atoms with van der Waals surface area (Å²) in [6, 6.07) is 13.6. The number of anilines is 2. The Balaban J connectivity index is 1.94. The summed E-state index contributed by atoms with van der Waals surface area (Å²) in [7, 11) is 3.35. The highest BCUT2D eigenvalue weighted by molar-refractivity contribution is 5.68. The van der Waals surface area contributed by atoms with E-state index in [4.69, 9.17) is 4.74 Å². The molecule has 10 heteroatoms. The van der Waals surface area contributed by atoms with Gasteiger partial charge in [0.1, 0.15) is 17.1 Å². The number of ether oxygens (including phenoxy) is 1. The minimum absolute atomic E-state index is 0.0769. The lowest BCUT2D eigenvalue weighted by Gasteiger charge is -2.32. The Kier molecular flexibility index (Phi) is 7.02. The number of aromatic nitrogens is 2. The number of hydrogen-bond donors (Lipinski definition) is 1. The maximum Gasteiger partial charge on any atom is 0.295 e. The zero-order valence-corrected chi connectivity index (χ0v) is 20.0. The van der Waals surface area contributed by atoms with E-state index in [9.17, 15) is 20.0 Å². The standard InChI is InChI=1S/C25H29N5O5/c1-4-27(2)24-15-21(17-7-5-9-20(13-17)35-3)26-29(25(24)32)23-14-18(10-11-22(23)30(33)34)28-12-6-8-19(31)16-28/h5,7,9-11,13-15,19,31H,4,6,8,12,16H2,1-3H3. The van der Waals surface area contributed by atoms with E-state index in [1.54, 1.807) is 49.4 Å². The molecule has 1 aliphatic heterocycles. The van der Waals surface area contributed by atoms with Crippen molar-refractivity contribution in [3.8, 4) is 22.7 Å². The van der Waals surface area contributed by atoms with Crippen LogP contribution in [0.2, 0.25) is 0 Å². The van der Waals surface area contributed by atoms with E-state index in [1.807, 2.05) is 24.0 Å². The average Bonchev–Trinajstić information content (AvgIpc) is 2.88. The third kappa shape index (κ3) is 4.97. The number of methoxy groups -OCH3 is 1. The van der Waals surface area contributed by atoms with E-state index in [0.717, 1.165) is 11.1 Å². The Morgan fingerprint density at radius 2 is 2.06 bits per heavy atom. The SMILES string of the molecule is CCN(C)c1cc(-c2cccc(OC)c2)nn(-c2cc(N3CCCC(O)C3)ccc2[N+](=O)[O-])c1=O. The summed E-state index contributed by atoms with van der Waals surface area (Å²) in [5.74, 6) is 0.629. The highest BCUT2D eigenvalue weighted by Gasteiger charge is 2.25. The van der Waals surface area contributed by atoms with Crippen molar-refractivity contribution >= 4 is 17.1 Å². The molecule has 1 atom stereocenters. The van der Waals surface area contributed by atoms with E-state index >= 15 is 0 Å². The summed E-state index contributed by atoms with van der Waals surface area (Å²) >= 11 is 0. The molecule has 1 fully saturated rings. The first kappa shape index (κ1) is 24.2. The Morgan fingerprint density at radius 1 is 1.26 bits per heavy atom. The molecule has 0 saturated carbocycles. The summed E-state index contributed by atoms with van der Waals surface area (Å²) in [6.07, 6.45) is 1.05. The number of piperidine rings is 1. The van der Waals surface area contributed by atoms with Crippen LogP contribution in [-0.4, -0.2) is 59.7 Å². The first-order valence-corrected chi connectivity index (χ1v) is 11.5. The summed E-state index contributed by atoms with van der Waals surface area (Å²) in [4.78, 5) is 28.7. The fraction of sp³-hybridized carbons (Fsp3) is 0.360. The monoisotopic (exact) mass is 479 g/mol. The molecule has 0 bridgehead atoms. The zero-order valence-electron chi connectivity index (χ0n) is 20.0. The van der Waals surface area contributed by atoms with E-state index < -0.39 is 16.6 Å². The van der Waals surface area contributed by atoms with Crippen molar-refractivity contribution in [3.63, 3.8) is 0 Å². The summed E-state index contributed by atoms with van der Waals surface area (Å²) in [5.41, 5.74) is 1.64. The van der Waals surface area contributed by atoms with Crippen LogP contribution in [0.3, 0.4) is 0 Å². The molecule has 1 unspecified atom stereocenters. The van der Waals surface area contributed by atoms with Gasteiger partial charge in [0.15, 0.2) is 0 Å². The van der Waals surface area contributed by atoms with Crippen LogP contribution in [0.1, 0.15) is 19.8 Å². The lowest BCUT2D eigenvalue weighted by atomic mass is 10.1. The number of nitro groups is 1. The second kappa shape index (κ2) is 10.1. The lowest BCUT2D eigenvalue weighted by molar-refractivity contribution is -0.384. The third-order valence-corrected chi connectivity index (χ3v) is 6.29. The average molecular weight is 480 g/mol. The van der Waals surface area contributed by atoms with Crippen molar-refractivity contribution in [1.29, 1.82) is 0 Å². The molecule has 10 nitrogen and oxygen atoms in total. The van der Waals surface area contributed by atoms with Crippen LogP contribution < -0.4 is 20.1 Å². The molecule has 3 aromatic rings. The van der Waals surface area contributed by atoms with Gasteiger partial charge in [0.2, 0.25) is 0 Å². The van der Waals surface area contributed by atoms with Gasteiger partial charge < -0.3 is 19.6 Å². The second-order valence-electron chi connectivity index (χ2n) is 8.55. The predicted octanol–water partition coefficient (Wildman–Crippen LogP) is 3.23. The Hall–Kier alpha value is -3.92. The van der Waals surface area contributed by atoms with E-state index in [-0.39, 0.29) is 11.4 Å². The van der Waals surface area contributed by atoms with Crippen molar-refractivity contribution in [2.24, 2.45) is 0 Å². The number of rotatable bonds is 7. The highest BCUT2D eigenvalue weighted by atomic mass is 16.6. The number of nitro benzene ring substituents is 1. The number of benzene rings is 2. The van der Waals surface area contributed by atoms with Gasteiger partial charge in [-0.2, -0.15) is 9.78 Å². The first-order chi connectivity index (χ1) is 16.8. The maximum absolute atomic E-state index is 13.5. The van der Waals surface area contributed by atoms with Crippen molar-refractivity contribution in [1.82, 2.24) is 9.78 Å². The van der Waals surface area contributed by atoms with Gasteiger partial charge in [0, 0.05) is 44.0 Å². The topological polar surface area (TPSA) is 114 Å². The maximum atomic E-state index is 13.5. The second-order valence-corrected chi connectivity index (χ2v) is 8.55. The van der Waals surface area contributed by atoms with Crippen molar-refractivity contribution in [3.05, 3.63) is 69.0 Å². The lowest BCUT2D eigenvalue weighted by Crippen LogP contribution is -2.38. The molecule has 4 rings (SSSR count). The van der Waals surface area contributed by atoms with Crippen molar-refractivity contribution < 1.29 is 14.8 Å². The van der Waals surface area contributed by atoms with Gasteiger partial charge >= 0.3 is 0 Å². The normalized spacial score (nSPS) is 15.7. The van der Waals surface area contributed by atoms with Gasteiger partial charge in [-0.3, -0.25) is 14.9 Å². The molecule has 1 aromatic heterocycles. The van der Waals surface area contributed by atoms with Gasteiger partial charge in [-0.1, -0.05) is 12.1 Å². The van der Waals surface area contributed by atoms with E-state index in [0.29, 0.717) is 54.4 Å². The van der Waals surface area contributed by atoms with Crippen molar-refractivity contribution in [2.45, 2.75) is 25.9 Å². The molecular formula is C25H29N5O5. The molecule has 35 heavy (non-hydrogen) atoms. The van der Waals surface area contributed by atoms with E-state index in [2.05, 4.69) is 5.10 Å². The minimum atomic E-state index is -0.514. The van der Waals surface area contributed by atoms with Crippen LogP contribution in [0.4, 0.5) is 17.1 Å². The van der Waals surface area contributed by atoms with Crippen LogP contribution in [0, 0.1) is 10.1 Å². The fourth-order valence-electron chi connectivity index (χ4n) is 4.23. The van der Waals surface area contributed by atoms with Gasteiger partial charge in [0.05, 0.1) is 23.8 Å². The van der Waals surface area contributed by atoms with Gasteiger partial charge in [0.25, 0.3) is 11.2 Å². The van der Waals surface area contributed by atoms with Gasteiger partial charge in [-0.05, 0) is 50.1 Å². The third-order valence-electron chi connectivity index (χ3n) is 6.29. The Morgan fingerprint density at radius 3 is 2.74 bits per heavy atom. The molecule has 1 N–H and O–H groups in total. The molecule has 1 aliphatic rings. The molecule has 0 amide bonds. The van der Waals surface area contributed by atoms with Gasteiger partial charge in [-0.25, -0.2) is 0 Å². The van der Waals surface area contributed by atoms with Crippen LogP contribution in [-0.2, 0) is 0 Å². The fourth-order valence-corrected chi connectivity index (χ4v) is 4.23. The Bertz CT molecular complexity index is 1290. The summed E-state index contributed by atoms with van der Waals surface area (Å²) in [6.45, 7) is 3.61. The predicted molar refractivity (Wildman–Crippen MR) is 135 cm³/mol. The molecule has 0 radical (unpaired) electrons. The summed E-state index contributed by atoms with van der Waals surface area (Å²) < 4.78 is 6.44. The molecule has 2 aromatic carbocycles. The molecule has 184 valence electrons. The molecule has 1 saturated heterocycles. The van der Waals surface area contributed by atoms with Crippen LogP contribution in [0.15, 0.2) is 53.3 Å². The number of hydrogen-bond acceptors (Lipinski definition) is 8. The van der Waals surface area contributed by atoms with Crippen LogP contribution in [0.25, 0.3) is 16.9 Å². The Labute approximate surface area is 203 Å². The zero-order chi connectivity index (χ0) is 25.1. The minimum Gasteiger partial charge on any atom is -0.497 e. The molecule has 2 heterocycles. The van der Waals surface area contributed by atoms with Crippen LogP contribution >= 0.6 is 0 Å². The van der Waals surface area contributed by atoms with Crippen LogP contribution in [0.5, 0.6) is 5.75 Å². The molecular weight excluding hydrogens is 450 g/mol. The first-order valence-electron chi connectivity index (χ1n) is 11.5. The van der Waals surface area contributed by atoms with E-state index in [1.165, 1.54) is 6.07 Å². The number of aliphatic hydroxyl groups excluding tert-OH is 1. The number of aliphatic hydroxyl groups is 1. The number of nitrogens with zero attached hydrogens (tertiary/aromatic N) is 5. The quantitative estimate of drug-likeness (QED) is 0.406. The number of β-amino-alcohol motifs (C(OH)–C–C–N with tert-alkyl or cyclic N) is 1. The highest BCUT2D eigenvalue weighted by Crippen LogP contribution is 2.31. The summed E-state index contributed by atoms with van der Waals surface area (Å²) in [5, 5.41) is 26.6. The molecule has 0 spiro atoms.